The number of carbonyl (C=O) groups excluding carboxylic acids is 3. The van der Waals surface area contributed by atoms with Crippen LogP contribution in [0.5, 0.6) is 0 Å². The summed E-state index contributed by atoms with van der Waals surface area (Å²) in [6.45, 7) is 6.94. The van der Waals surface area contributed by atoms with Gasteiger partial charge in [0, 0.05) is 69.5 Å². The van der Waals surface area contributed by atoms with E-state index in [-0.39, 0.29) is 24.1 Å². The average molecular weight is 412 g/mol. The summed E-state index contributed by atoms with van der Waals surface area (Å²) >= 11 is 0. The molecule has 1 aromatic rings. The molecule has 3 saturated heterocycles. The van der Waals surface area contributed by atoms with Crippen molar-refractivity contribution in [3.05, 3.63) is 29.3 Å². The Balaban J connectivity index is 1.25. The number of anilines is 1. The Morgan fingerprint density at radius 3 is 2.43 bits per heavy atom. The third kappa shape index (κ3) is 3.58. The van der Waals surface area contributed by atoms with Gasteiger partial charge in [0.2, 0.25) is 11.8 Å². The maximum atomic E-state index is 12.9. The Bertz CT molecular complexity index is 858. The van der Waals surface area contributed by atoms with Gasteiger partial charge in [0.25, 0.3) is 5.91 Å². The highest BCUT2D eigenvalue weighted by atomic mass is 16.2. The van der Waals surface area contributed by atoms with E-state index in [4.69, 9.17) is 0 Å². The van der Waals surface area contributed by atoms with E-state index in [1.807, 2.05) is 12.1 Å². The molecule has 0 radical (unpaired) electrons. The molecule has 0 bridgehead atoms. The fourth-order valence-corrected chi connectivity index (χ4v) is 5.29. The molecule has 1 aromatic carbocycles. The van der Waals surface area contributed by atoms with Crippen molar-refractivity contribution in [2.45, 2.75) is 44.3 Å². The predicted octanol–water partition coefficient (Wildman–Crippen LogP) is 0.322. The van der Waals surface area contributed by atoms with E-state index < -0.39 is 6.04 Å². The second-order valence-electron chi connectivity index (χ2n) is 8.75. The van der Waals surface area contributed by atoms with Crippen molar-refractivity contribution >= 4 is 23.4 Å². The molecule has 0 aliphatic carbocycles. The Hall–Kier alpha value is -2.45. The zero-order valence-corrected chi connectivity index (χ0v) is 17.2. The van der Waals surface area contributed by atoms with Crippen molar-refractivity contribution in [3.63, 3.8) is 0 Å². The van der Waals surface area contributed by atoms with Crippen LogP contribution in [-0.2, 0) is 16.1 Å². The summed E-state index contributed by atoms with van der Waals surface area (Å²) in [4.78, 5) is 43.2. The largest absolute Gasteiger partial charge is 0.371 e. The molecule has 0 spiro atoms. The van der Waals surface area contributed by atoms with Gasteiger partial charge in [-0.25, -0.2) is 0 Å². The molecule has 3 amide bonds. The molecule has 3 fully saturated rings. The van der Waals surface area contributed by atoms with Crippen molar-refractivity contribution in [3.8, 4) is 0 Å². The number of fused-ring (bicyclic) bond motifs is 1. The number of nitrogens with zero attached hydrogens (tertiary/aromatic N) is 3. The SMILES string of the molecule is O=C1CCC(N2Cc3cc(N4CCC(N5CCNCC5)CC4)ccc3C2=O)C(=O)N1. The number of hydrogen-bond donors (Lipinski definition) is 2. The highest BCUT2D eigenvalue weighted by molar-refractivity contribution is 6.05. The van der Waals surface area contributed by atoms with E-state index in [0.29, 0.717) is 24.6 Å². The van der Waals surface area contributed by atoms with Crippen LogP contribution in [0.3, 0.4) is 0 Å². The summed E-state index contributed by atoms with van der Waals surface area (Å²) in [7, 11) is 0. The molecule has 5 rings (SSSR count). The van der Waals surface area contributed by atoms with Gasteiger partial charge in [-0.1, -0.05) is 0 Å². The van der Waals surface area contributed by atoms with Crippen LogP contribution >= 0.6 is 0 Å². The van der Waals surface area contributed by atoms with Crippen molar-refractivity contribution in [2.75, 3.05) is 44.2 Å². The number of piperidine rings is 2. The molecular weight excluding hydrogens is 382 g/mol. The second-order valence-corrected chi connectivity index (χ2v) is 8.75. The molecule has 4 aliphatic rings. The minimum atomic E-state index is -0.555. The molecule has 0 aromatic heterocycles. The van der Waals surface area contributed by atoms with Gasteiger partial charge in [0.1, 0.15) is 6.04 Å². The van der Waals surface area contributed by atoms with Gasteiger partial charge in [0.15, 0.2) is 0 Å². The quantitative estimate of drug-likeness (QED) is 0.697. The van der Waals surface area contributed by atoms with Gasteiger partial charge in [-0.05, 0) is 43.0 Å². The molecule has 8 heteroatoms. The van der Waals surface area contributed by atoms with E-state index in [9.17, 15) is 14.4 Å². The summed E-state index contributed by atoms with van der Waals surface area (Å²) in [5, 5.41) is 5.78. The topological polar surface area (TPSA) is 85.0 Å². The van der Waals surface area contributed by atoms with Gasteiger partial charge in [0.05, 0.1) is 0 Å². The summed E-state index contributed by atoms with van der Waals surface area (Å²) in [6, 6.07) is 6.17. The van der Waals surface area contributed by atoms with Crippen molar-refractivity contribution in [1.29, 1.82) is 0 Å². The zero-order valence-electron chi connectivity index (χ0n) is 17.2. The Morgan fingerprint density at radius 1 is 0.933 bits per heavy atom. The number of rotatable bonds is 3. The van der Waals surface area contributed by atoms with E-state index in [2.05, 4.69) is 26.5 Å². The maximum Gasteiger partial charge on any atom is 0.255 e. The Morgan fingerprint density at radius 2 is 1.70 bits per heavy atom. The summed E-state index contributed by atoms with van der Waals surface area (Å²) < 4.78 is 0. The number of piperazine rings is 1. The van der Waals surface area contributed by atoms with Crippen LogP contribution in [0, 0.1) is 0 Å². The fraction of sp³-hybridized carbons (Fsp3) is 0.591. The lowest BCUT2D eigenvalue weighted by molar-refractivity contribution is -0.136. The highest BCUT2D eigenvalue weighted by Gasteiger charge is 2.39. The number of carbonyl (C=O) groups is 3. The number of nitrogens with one attached hydrogen (secondary N) is 2. The van der Waals surface area contributed by atoms with E-state index in [1.54, 1.807) is 4.90 Å². The van der Waals surface area contributed by atoms with Crippen LogP contribution in [-0.4, -0.2) is 78.9 Å². The van der Waals surface area contributed by atoms with Crippen molar-refractivity contribution < 1.29 is 14.4 Å². The summed E-state index contributed by atoms with van der Waals surface area (Å²) in [6.07, 6.45) is 3.01. The molecular formula is C22H29N5O3. The van der Waals surface area contributed by atoms with E-state index in [0.717, 1.165) is 50.5 Å². The Kier molecular flexibility index (Phi) is 5.20. The monoisotopic (exact) mass is 411 g/mol. The lowest BCUT2D eigenvalue weighted by atomic mass is 10.0. The van der Waals surface area contributed by atoms with E-state index in [1.165, 1.54) is 12.8 Å². The molecule has 30 heavy (non-hydrogen) atoms. The molecule has 1 atom stereocenters. The lowest BCUT2D eigenvalue weighted by Crippen LogP contribution is -2.52. The minimum absolute atomic E-state index is 0.108. The molecule has 160 valence electrons. The summed E-state index contributed by atoms with van der Waals surface area (Å²) in [5.41, 5.74) is 2.82. The number of amides is 3. The van der Waals surface area contributed by atoms with Crippen molar-refractivity contribution in [1.82, 2.24) is 20.4 Å². The maximum absolute atomic E-state index is 12.9. The van der Waals surface area contributed by atoms with Gasteiger partial charge in [-0.3, -0.25) is 24.6 Å². The normalized spacial score (nSPS) is 26.1. The lowest BCUT2D eigenvalue weighted by Gasteiger charge is -2.41. The van der Waals surface area contributed by atoms with Crippen LogP contribution in [0.1, 0.15) is 41.6 Å². The first-order valence-corrected chi connectivity index (χ1v) is 11.1. The third-order valence-corrected chi connectivity index (χ3v) is 7.00. The second kappa shape index (κ2) is 8.00. The molecule has 4 heterocycles. The van der Waals surface area contributed by atoms with Crippen LogP contribution < -0.4 is 15.5 Å². The van der Waals surface area contributed by atoms with Gasteiger partial charge in [-0.15, -0.1) is 0 Å². The van der Waals surface area contributed by atoms with Crippen molar-refractivity contribution in [2.24, 2.45) is 0 Å². The van der Waals surface area contributed by atoms with Crippen LogP contribution in [0.15, 0.2) is 18.2 Å². The zero-order chi connectivity index (χ0) is 20.7. The Labute approximate surface area is 176 Å². The molecule has 0 saturated carbocycles. The standard InChI is InChI=1S/C22H29N5O3/c28-20-4-3-19(21(29)24-20)27-14-15-13-17(1-2-18(15)22(27)30)25-9-5-16(6-10-25)26-11-7-23-8-12-26/h1-2,13,16,19,23H,3-12,14H2,(H,24,28,29). The molecule has 4 aliphatic heterocycles. The van der Waals surface area contributed by atoms with Crippen LogP contribution in [0.25, 0.3) is 0 Å². The highest BCUT2D eigenvalue weighted by Crippen LogP contribution is 2.31. The van der Waals surface area contributed by atoms with Gasteiger partial charge < -0.3 is 15.1 Å². The van der Waals surface area contributed by atoms with Gasteiger partial charge >= 0.3 is 0 Å². The van der Waals surface area contributed by atoms with Crippen LogP contribution in [0.4, 0.5) is 5.69 Å². The first-order valence-electron chi connectivity index (χ1n) is 11.1. The first kappa shape index (κ1) is 19.5. The number of imide groups is 1. The molecule has 2 N–H and O–H groups in total. The minimum Gasteiger partial charge on any atom is -0.371 e. The number of benzene rings is 1. The number of hydrogen-bond acceptors (Lipinski definition) is 6. The molecule has 1 unspecified atom stereocenters. The van der Waals surface area contributed by atoms with Crippen LogP contribution in [0.2, 0.25) is 0 Å². The predicted molar refractivity (Wildman–Crippen MR) is 112 cm³/mol. The van der Waals surface area contributed by atoms with E-state index >= 15 is 0 Å². The smallest absolute Gasteiger partial charge is 0.255 e. The average Bonchev–Trinajstić information content (AvgIpc) is 3.10. The first-order chi connectivity index (χ1) is 14.6. The summed E-state index contributed by atoms with van der Waals surface area (Å²) in [5.74, 6) is -0.724. The van der Waals surface area contributed by atoms with Gasteiger partial charge in [-0.2, -0.15) is 0 Å². The molecule has 8 nitrogen and oxygen atoms in total. The fourth-order valence-electron chi connectivity index (χ4n) is 5.29. The third-order valence-electron chi connectivity index (χ3n) is 7.00.